The highest BCUT2D eigenvalue weighted by Gasteiger charge is 2.22. The number of esters is 1. The Hall–Kier alpha value is -2.83. The molecule has 1 aromatic heterocycles. The van der Waals surface area contributed by atoms with Crippen LogP contribution in [0.4, 0.5) is 0 Å². The second-order valence-electron chi connectivity index (χ2n) is 6.78. The second kappa shape index (κ2) is 8.90. The third-order valence-corrected chi connectivity index (χ3v) is 6.13. The van der Waals surface area contributed by atoms with Crippen LogP contribution >= 0.6 is 27.7 Å². The molecule has 0 aliphatic rings. The molecule has 0 radical (unpaired) electrons. The summed E-state index contributed by atoms with van der Waals surface area (Å²) in [6, 6.07) is 25.0. The van der Waals surface area contributed by atoms with Crippen molar-refractivity contribution in [1.29, 1.82) is 0 Å². The van der Waals surface area contributed by atoms with Gasteiger partial charge in [-0.15, -0.1) is 0 Å². The monoisotopic (exact) mass is 478 g/mol. The predicted molar refractivity (Wildman–Crippen MR) is 123 cm³/mol. The van der Waals surface area contributed by atoms with Crippen LogP contribution in [0.25, 0.3) is 5.69 Å². The largest absolute Gasteiger partial charge is 0.402 e. The molecule has 3 aromatic carbocycles. The summed E-state index contributed by atoms with van der Waals surface area (Å²) in [5, 5.41) is 4.67. The number of aryl methyl sites for hydroxylation is 2. The second-order valence-corrected chi connectivity index (χ2v) is 8.78. The van der Waals surface area contributed by atoms with Gasteiger partial charge in [0, 0.05) is 9.37 Å². The van der Waals surface area contributed by atoms with E-state index in [-0.39, 0.29) is 0 Å². The molecule has 30 heavy (non-hydrogen) atoms. The molecular formula is C24H19BrN2O2S. The van der Waals surface area contributed by atoms with E-state index < -0.39 is 5.97 Å². The molecule has 4 aromatic rings. The van der Waals surface area contributed by atoms with Gasteiger partial charge in [-0.05, 0) is 56.3 Å². The lowest BCUT2D eigenvalue weighted by molar-refractivity contribution is 0.0718. The molecule has 0 aliphatic carbocycles. The van der Waals surface area contributed by atoms with Gasteiger partial charge in [0.05, 0.1) is 21.8 Å². The van der Waals surface area contributed by atoms with E-state index in [1.54, 1.807) is 16.8 Å². The zero-order valence-corrected chi connectivity index (χ0v) is 18.9. The summed E-state index contributed by atoms with van der Waals surface area (Å²) >= 11 is 4.94. The number of aromatic nitrogens is 2. The lowest BCUT2D eigenvalue weighted by Crippen LogP contribution is -2.12. The Morgan fingerprint density at radius 1 is 0.967 bits per heavy atom. The average Bonchev–Trinajstić information content (AvgIpc) is 3.05. The molecule has 4 nitrogen and oxygen atoms in total. The average molecular weight is 479 g/mol. The van der Waals surface area contributed by atoms with Crippen molar-refractivity contribution in [2.24, 2.45) is 0 Å². The molecule has 0 fully saturated rings. The Morgan fingerprint density at radius 2 is 1.70 bits per heavy atom. The van der Waals surface area contributed by atoms with Crippen LogP contribution in [0.1, 0.15) is 21.6 Å². The van der Waals surface area contributed by atoms with Crippen LogP contribution in [-0.2, 0) is 0 Å². The van der Waals surface area contributed by atoms with Crippen LogP contribution in [-0.4, -0.2) is 15.7 Å². The number of halogens is 1. The van der Waals surface area contributed by atoms with Crippen LogP contribution in [0.3, 0.4) is 0 Å². The minimum Gasteiger partial charge on any atom is -0.402 e. The quantitative estimate of drug-likeness (QED) is 0.302. The van der Waals surface area contributed by atoms with Crippen LogP contribution in [0.2, 0.25) is 0 Å². The highest BCUT2D eigenvalue weighted by atomic mass is 79.9. The first kappa shape index (κ1) is 20.4. The summed E-state index contributed by atoms with van der Waals surface area (Å²) in [5.41, 5.74) is 3.28. The number of nitrogens with zero attached hydrogens (tertiary/aromatic N) is 2. The van der Waals surface area contributed by atoms with Crippen molar-refractivity contribution < 1.29 is 9.53 Å². The van der Waals surface area contributed by atoms with E-state index in [1.165, 1.54) is 17.3 Å². The van der Waals surface area contributed by atoms with Crippen LogP contribution in [0.5, 0.6) is 5.88 Å². The maximum absolute atomic E-state index is 12.9. The molecule has 0 aliphatic heterocycles. The molecule has 0 spiro atoms. The van der Waals surface area contributed by atoms with Crippen LogP contribution in [0.15, 0.2) is 93.1 Å². The van der Waals surface area contributed by atoms with E-state index in [4.69, 9.17) is 4.74 Å². The maximum Gasteiger partial charge on any atom is 0.344 e. The molecule has 4 rings (SSSR count). The molecule has 0 saturated carbocycles. The topological polar surface area (TPSA) is 44.1 Å². The van der Waals surface area contributed by atoms with E-state index in [2.05, 4.69) is 52.2 Å². The number of carbonyl (C=O) groups excluding carboxylic acids is 1. The first-order valence-electron chi connectivity index (χ1n) is 9.38. The minimum atomic E-state index is -0.431. The standard InChI is InChI=1S/C24H19BrN2O2S/c1-16-11-13-21(14-12-16)30-22-17(2)26-27(20-9-4-3-5-10-20)23(22)29-24(28)18-7-6-8-19(25)15-18/h3-15H,1-2H3. The van der Waals surface area contributed by atoms with Crippen molar-refractivity contribution in [2.75, 3.05) is 0 Å². The Bertz CT molecular complexity index is 1190. The van der Waals surface area contributed by atoms with Crippen molar-refractivity contribution in [3.8, 4) is 11.6 Å². The van der Waals surface area contributed by atoms with Crippen LogP contribution < -0.4 is 4.74 Å². The first-order valence-corrected chi connectivity index (χ1v) is 11.0. The fourth-order valence-corrected chi connectivity index (χ4v) is 4.24. The molecule has 0 unspecified atom stereocenters. The van der Waals surface area contributed by atoms with Gasteiger partial charge in [0.15, 0.2) is 0 Å². The normalized spacial score (nSPS) is 10.8. The van der Waals surface area contributed by atoms with Gasteiger partial charge in [0.1, 0.15) is 0 Å². The van der Waals surface area contributed by atoms with E-state index >= 15 is 0 Å². The predicted octanol–water partition coefficient (Wildman–Crippen LogP) is 6.62. The van der Waals surface area contributed by atoms with Gasteiger partial charge in [0.25, 0.3) is 0 Å². The highest BCUT2D eigenvalue weighted by Crippen LogP contribution is 2.39. The molecule has 0 amide bonds. The summed E-state index contributed by atoms with van der Waals surface area (Å²) in [6.45, 7) is 3.98. The van der Waals surface area contributed by atoms with Gasteiger partial charge >= 0.3 is 5.97 Å². The van der Waals surface area contributed by atoms with Crippen molar-refractivity contribution >= 4 is 33.7 Å². The summed E-state index contributed by atoms with van der Waals surface area (Å²) in [7, 11) is 0. The van der Waals surface area contributed by atoms with Crippen molar-refractivity contribution in [3.63, 3.8) is 0 Å². The Labute approximate surface area is 188 Å². The zero-order chi connectivity index (χ0) is 21.1. The molecule has 0 bridgehead atoms. The Morgan fingerprint density at radius 3 is 2.40 bits per heavy atom. The first-order chi connectivity index (χ1) is 14.5. The SMILES string of the molecule is Cc1ccc(Sc2c(C)nn(-c3ccccc3)c2OC(=O)c2cccc(Br)c2)cc1. The van der Waals surface area contributed by atoms with E-state index in [9.17, 15) is 4.79 Å². The van der Waals surface area contributed by atoms with Gasteiger partial charge in [-0.25, -0.2) is 4.79 Å². The molecule has 0 N–H and O–H groups in total. The van der Waals surface area contributed by atoms with Gasteiger partial charge in [0.2, 0.25) is 5.88 Å². The summed E-state index contributed by atoms with van der Waals surface area (Å²) < 4.78 is 8.41. The van der Waals surface area contributed by atoms with Gasteiger partial charge in [-0.3, -0.25) is 0 Å². The van der Waals surface area contributed by atoms with Crippen molar-refractivity contribution in [3.05, 3.63) is 100 Å². The zero-order valence-electron chi connectivity index (χ0n) is 16.5. The minimum absolute atomic E-state index is 0.411. The molecular weight excluding hydrogens is 460 g/mol. The Balaban J connectivity index is 1.76. The summed E-state index contributed by atoms with van der Waals surface area (Å²) in [5.74, 6) is -0.0200. The van der Waals surface area contributed by atoms with E-state index in [1.807, 2.05) is 49.4 Å². The van der Waals surface area contributed by atoms with E-state index in [0.717, 1.165) is 25.6 Å². The third kappa shape index (κ3) is 4.50. The lowest BCUT2D eigenvalue weighted by atomic mass is 10.2. The number of ether oxygens (including phenoxy) is 1. The fourth-order valence-electron chi connectivity index (χ4n) is 2.93. The number of benzene rings is 3. The van der Waals surface area contributed by atoms with Crippen molar-refractivity contribution in [2.45, 2.75) is 23.6 Å². The number of hydrogen-bond donors (Lipinski definition) is 0. The van der Waals surface area contributed by atoms with E-state index in [0.29, 0.717) is 11.4 Å². The van der Waals surface area contributed by atoms with Crippen LogP contribution in [0, 0.1) is 13.8 Å². The third-order valence-electron chi connectivity index (χ3n) is 4.46. The van der Waals surface area contributed by atoms with Gasteiger partial charge < -0.3 is 4.74 Å². The fraction of sp³-hybridized carbons (Fsp3) is 0.0833. The maximum atomic E-state index is 12.9. The molecule has 6 heteroatoms. The number of carbonyl (C=O) groups is 1. The molecule has 0 atom stereocenters. The Kier molecular flexibility index (Phi) is 6.06. The summed E-state index contributed by atoms with van der Waals surface area (Å²) in [4.78, 5) is 14.8. The van der Waals surface area contributed by atoms with Gasteiger partial charge in [-0.1, -0.05) is 69.7 Å². The summed E-state index contributed by atoms with van der Waals surface area (Å²) in [6.07, 6.45) is 0. The number of rotatable bonds is 5. The number of hydrogen-bond acceptors (Lipinski definition) is 4. The lowest BCUT2D eigenvalue weighted by Gasteiger charge is -2.10. The number of para-hydroxylation sites is 1. The van der Waals surface area contributed by atoms with Crippen molar-refractivity contribution in [1.82, 2.24) is 9.78 Å². The molecule has 0 saturated heterocycles. The van der Waals surface area contributed by atoms with Gasteiger partial charge in [-0.2, -0.15) is 9.78 Å². The smallest absolute Gasteiger partial charge is 0.344 e. The molecule has 150 valence electrons. The molecule has 1 heterocycles. The highest BCUT2D eigenvalue weighted by molar-refractivity contribution is 9.10.